The van der Waals surface area contributed by atoms with Crippen molar-refractivity contribution in [1.82, 2.24) is 10.4 Å². The molecule has 0 aromatic heterocycles. The molecular formula is C26H19Cl2N5O5. The Morgan fingerprint density at radius 2 is 1.84 bits per heavy atom. The van der Waals surface area contributed by atoms with Crippen LogP contribution in [-0.4, -0.2) is 56.5 Å². The third-order valence-corrected chi connectivity index (χ3v) is 6.02. The van der Waals surface area contributed by atoms with Gasteiger partial charge in [-0.2, -0.15) is 5.43 Å². The molecule has 2 aliphatic rings. The highest BCUT2D eigenvalue weighted by Gasteiger charge is 2.30. The van der Waals surface area contributed by atoms with Crippen LogP contribution in [0, 0.1) is 0 Å². The van der Waals surface area contributed by atoms with Crippen LogP contribution in [0.3, 0.4) is 0 Å². The van der Waals surface area contributed by atoms with Gasteiger partial charge < -0.3 is 20.1 Å². The van der Waals surface area contributed by atoms with E-state index in [-0.39, 0.29) is 22.3 Å². The van der Waals surface area contributed by atoms with Crippen LogP contribution < -0.4 is 10.2 Å². The lowest BCUT2D eigenvalue weighted by Crippen LogP contribution is -2.50. The molecule has 0 radical (unpaired) electrons. The van der Waals surface area contributed by atoms with E-state index in [1.165, 1.54) is 53.9 Å². The van der Waals surface area contributed by atoms with E-state index in [0.29, 0.717) is 33.3 Å². The zero-order valence-corrected chi connectivity index (χ0v) is 20.9. The summed E-state index contributed by atoms with van der Waals surface area (Å²) in [5, 5.41) is 32.1. The molecule has 0 bridgehead atoms. The first-order valence-corrected chi connectivity index (χ1v) is 11.9. The molecule has 4 N–H and O–H groups in total. The number of fused-ring (bicyclic) bond motifs is 1. The summed E-state index contributed by atoms with van der Waals surface area (Å²) in [4.78, 5) is 25.7. The monoisotopic (exact) mass is 551 g/mol. The Morgan fingerprint density at radius 3 is 2.58 bits per heavy atom. The summed E-state index contributed by atoms with van der Waals surface area (Å²) < 4.78 is 5.54. The minimum Gasteiger partial charge on any atom is -0.508 e. The van der Waals surface area contributed by atoms with Crippen molar-refractivity contribution in [3.8, 4) is 17.2 Å². The number of nitrogens with zero attached hydrogens (tertiary/aromatic N) is 4. The Labute approximate surface area is 226 Å². The van der Waals surface area contributed by atoms with Crippen LogP contribution in [0.4, 0.5) is 0 Å². The molecule has 192 valence electrons. The number of halogens is 2. The maximum absolute atomic E-state index is 11.9. The number of aromatic hydroxyl groups is 2. The maximum atomic E-state index is 11.9. The van der Waals surface area contributed by atoms with Gasteiger partial charge in [0.05, 0.1) is 16.4 Å². The zero-order valence-electron chi connectivity index (χ0n) is 19.4. The molecule has 0 saturated heterocycles. The van der Waals surface area contributed by atoms with Crippen LogP contribution in [0.25, 0.3) is 0 Å². The van der Waals surface area contributed by atoms with Crippen molar-refractivity contribution >= 4 is 46.9 Å². The van der Waals surface area contributed by atoms with Crippen LogP contribution in [0.1, 0.15) is 11.1 Å². The van der Waals surface area contributed by atoms with Gasteiger partial charge in [-0.3, -0.25) is 5.01 Å². The van der Waals surface area contributed by atoms with Crippen molar-refractivity contribution in [2.24, 2.45) is 15.0 Å². The lowest BCUT2D eigenvalue weighted by molar-refractivity contribution is -0.148. The Hall–Kier alpha value is -4.38. The number of carboxylic acid groups (broad SMARTS) is 1. The molecule has 2 aliphatic heterocycles. The van der Waals surface area contributed by atoms with E-state index in [9.17, 15) is 20.1 Å². The van der Waals surface area contributed by atoms with Gasteiger partial charge in [0.1, 0.15) is 29.3 Å². The summed E-state index contributed by atoms with van der Waals surface area (Å²) in [6.07, 6.45) is 0.581. The smallest absolute Gasteiger partial charge is 0.362 e. The first-order chi connectivity index (χ1) is 18.3. The number of aliphatic carboxylic acids is 1. The molecule has 38 heavy (non-hydrogen) atoms. The van der Waals surface area contributed by atoms with Crippen molar-refractivity contribution in [1.29, 1.82) is 0 Å². The SMILES string of the molecule is O=C(O)C(NN1C=NC2N=C(c3ccccc3O)C(c3cccc(O)c3)=NC2=C1)Oc1ccc(Cl)cc1Cl. The summed E-state index contributed by atoms with van der Waals surface area (Å²) in [6, 6.07) is 17.6. The fourth-order valence-electron chi connectivity index (χ4n) is 3.77. The van der Waals surface area contributed by atoms with E-state index in [0.717, 1.165) is 0 Å². The maximum Gasteiger partial charge on any atom is 0.362 e. The van der Waals surface area contributed by atoms with Crippen LogP contribution in [0.5, 0.6) is 17.2 Å². The normalized spacial score (nSPS) is 17.2. The molecule has 3 aromatic carbocycles. The molecular weight excluding hydrogens is 533 g/mol. The molecule has 2 heterocycles. The molecule has 2 atom stereocenters. The minimum atomic E-state index is -1.54. The summed E-state index contributed by atoms with van der Waals surface area (Å²) in [6.45, 7) is 0. The number of carbonyl (C=O) groups is 1. The highest BCUT2D eigenvalue weighted by atomic mass is 35.5. The Morgan fingerprint density at radius 1 is 1.03 bits per heavy atom. The minimum absolute atomic E-state index is 0.0110. The summed E-state index contributed by atoms with van der Waals surface area (Å²) in [5.41, 5.74) is 4.86. The van der Waals surface area contributed by atoms with E-state index < -0.39 is 18.4 Å². The predicted molar refractivity (Wildman–Crippen MR) is 143 cm³/mol. The van der Waals surface area contributed by atoms with E-state index in [2.05, 4.69) is 10.4 Å². The van der Waals surface area contributed by atoms with Crippen LogP contribution in [-0.2, 0) is 4.79 Å². The number of ether oxygens (including phenoxy) is 1. The van der Waals surface area contributed by atoms with E-state index in [1.807, 2.05) is 0 Å². The first-order valence-electron chi connectivity index (χ1n) is 11.2. The lowest BCUT2D eigenvalue weighted by Gasteiger charge is -2.29. The van der Waals surface area contributed by atoms with Crippen LogP contribution >= 0.6 is 23.2 Å². The molecule has 0 aliphatic carbocycles. The second-order valence-corrected chi connectivity index (χ2v) is 8.99. The number of hydrazine groups is 1. The number of aliphatic imine (C=N–C) groups is 3. The van der Waals surface area contributed by atoms with E-state index >= 15 is 0 Å². The van der Waals surface area contributed by atoms with Gasteiger partial charge in [-0.25, -0.2) is 19.8 Å². The number of benzene rings is 3. The zero-order chi connectivity index (χ0) is 26.8. The molecule has 2 unspecified atom stereocenters. The van der Waals surface area contributed by atoms with Gasteiger partial charge in [-0.1, -0.05) is 47.5 Å². The molecule has 3 aromatic rings. The van der Waals surface area contributed by atoms with Gasteiger partial charge in [-0.15, -0.1) is 0 Å². The quantitative estimate of drug-likeness (QED) is 0.322. The van der Waals surface area contributed by atoms with Gasteiger partial charge >= 0.3 is 5.97 Å². The topological polar surface area (TPSA) is 139 Å². The largest absolute Gasteiger partial charge is 0.508 e. The molecule has 0 spiro atoms. The second-order valence-electron chi connectivity index (χ2n) is 8.15. The van der Waals surface area contributed by atoms with Gasteiger partial charge in [0, 0.05) is 22.3 Å². The second kappa shape index (κ2) is 10.5. The van der Waals surface area contributed by atoms with E-state index in [4.69, 9.17) is 37.9 Å². The number of hydrogen-bond acceptors (Lipinski definition) is 9. The van der Waals surface area contributed by atoms with Gasteiger partial charge in [0.15, 0.2) is 6.17 Å². The summed E-state index contributed by atoms with van der Waals surface area (Å²) in [7, 11) is 0. The van der Waals surface area contributed by atoms with Crippen LogP contribution in [0.15, 0.2) is 93.6 Å². The van der Waals surface area contributed by atoms with Crippen molar-refractivity contribution < 1.29 is 24.9 Å². The van der Waals surface area contributed by atoms with Crippen molar-refractivity contribution in [3.05, 3.63) is 99.8 Å². The van der Waals surface area contributed by atoms with E-state index in [1.54, 1.807) is 30.3 Å². The lowest BCUT2D eigenvalue weighted by atomic mass is 9.97. The number of phenols is 2. The summed E-state index contributed by atoms with van der Waals surface area (Å²) >= 11 is 12.0. The Bertz CT molecular complexity index is 1540. The third-order valence-electron chi connectivity index (χ3n) is 5.49. The van der Waals surface area contributed by atoms with Gasteiger partial charge in [0.25, 0.3) is 6.23 Å². The standard InChI is InChI=1S/C26H19Cl2N5O5/c27-15-8-9-21(18(28)11-15)38-25(26(36)37)32-33-12-19-24(29-13-33)31-23(17-6-1-2-7-20(17)35)22(30-19)14-4-3-5-16(34)10-14/h1-13,24-25,32,34-35H,(H,36,37). The van der Waals surface area contributed by atoms with Crippen molar-refractivity contribution in [2.75, 3.05) is 0 Å². The van der Waals surface area contributed by atoms with Crippen molar-refractivity contribution in [3.63, 3.8) is 0 Å². The van der Waals surface area contributed by atoms with Gasteiger partial charge in [0.2, 0.25) is 0 Å². The first kappa shape index (κ1) is 25.3. The summed E-state index contributed by atoms with van der Waals surface area (Å²) in [5.74, 6) is -1.14. The molecule has 5 rings (SSSR count). The Balaban J connectivity index is 1.47. The number of para-hydroxylation sites is 1. The Kier molecular flexibility index (Phi) is 7.01. The fourth-order valence-corrected chi connectivity index (χ4v) is 4.22. The molecule has 0 fully saturated rings. The highest BCUT2D eigenvalue weighted by Crippen LogP contribution is 2.30. The number of nitrogens with one attached hydrogen (secondary N) is 1. The molecule has 10 nitrogen and oxygen atoms in total. The number of hydrogen-bond donors (Lipinski definition) is 4. The average Bonchev–Trinajstić information content (AvgIpc) is 2.89. The molecule has 0 saturated carbocycles. The third kappa shape index (κ3) is 5.32. The highest BCUT2D eigenvalue weighted by molar-refractivity contribution is 6.54. The van der Waals surface area contributed by atoms with Gasteiger partial charge in [-0.05, 0) is 42.5 Å². The van der Waals surface area contributed by atoms with Crippen molar-refractivity contribution in [2.45, 2.75) is 12.4 Å². The molecule has 0 amide bonds. The van der Waals surface area contributed by atoms with Crippen LogP contribution in [0.2, 0.25) is 10.0 Å². The fraction of sp³-hybridized carbons (Fsp3) is 0.0769. The average molecular weight is 552 g/mol. The molecule has 12 heteroatoms. The number of carboxylic acids is 1. The predicted octanol–water partition coefficient (Wildman–Crippen LogP) is 4.20. The number of phenolic OH excluding ortho intramolecular Hbond substituents is 2. The number of rotatable bonds is 7.